The van der Waals surface area contributed by atoms with Crippen LogP contribution < -0.4 is 0 Å². The fourth-order valence-corrected chi connectivity index (χ4v) is 2.90. The van der Waals surface area contributed by atoms with Gasteiger partial charge in [0.2, 0.25) is 0 Å². The van der Waals surface area contributed by atoms with E-state index in [0.29, 0.717) is 13.2 Å². The van der Waals surface area contributed by atoms with Crippen LogP contribution in [0.25, 0.3) is 0 Å². The van der Waals surface area contributed by atoms with Crippen LogP contribution in [0.2, 0.25) is 5.02 Å². The van der Waals surface area contributed by atoms with Crippen LogP contribution in [0.4, 0.5) is 4.39 Å². The minimum Gasteiger partial charge on any atom is -0.372 e. The van der Waals surface area contributed by atoms with Gasteiger partial charge in [0.05, 0.1) is 23.1 Å². The van der Waals surface area contributed by atoms with E-state index in [-0.39, 0.29) is 9.85 Å². The van der Waals surface area contributed by atoms with Crippen LogP contribution in [0, 0.1) is 5.82 Å². The third-order valence-electron chi connectivity index (χ3n) is 3.27. The summed E-state index contributed by atoms with van der Waals surface area (Å²) in [5.41, 5.74) is 4.37. The van der Waals surface area contributed by atoms with Gasteiger partial charge in [-0.3, -0.25) is 0 Å². The van der Waals surface area contributed by atoms with Crippen LogP contribution in [-0.4, -0.2) is 0 Å². The zero-order chi connectivity index (χ0) is 13.4. The van der Waals surface area contributed by atoms with Gasteiger partial charge < -0.3 is 4.74 Å². The average molecular weight is 342 g/mol. The van der Waals surface area contributed by atoms with Gasteiger partial charge in [0, 0.05) is 0 Å². The molecule has 1 atom stereocenters. The molecule has 98 valence electrons. The summed E-state index contributed by atoms with van der Waals surface area (Å²) in [4.78, 5) is -0.0508. The van der Waals surface area contributed by atoms with Gasteiger partial charge >= 0.3 is 0 Å². The highest BCUT2D eigenvalue weighted by atomic mass is 79.9. The number of halogens is 3. The van der Waals surface area contributed by atoms with E-state index < -0.39 is 5.82 Å². The largest absolute Gasteiger partial charge is 0.372 e. The second kappa shape index (κ2) is 5.23. The highest BCUT2D eigenvalue weighted by molar-refractivity contribution is 9.09. The first kappa shape index (κ1) is 13.1. The molecule has 0 fully saturated rings. The Bertz CT molecular complexity index is 630. The molecule has 0 aromatic heterocycles. The second-order valence-corrected chi connectivity index (χ2v) is 5.88. The molecule has 19 heavy (non-hydrogen) atoms. The molecule has 2 aromatic carbocycles. The summed E-state index contributed by atoms with van der Waals surface area (Å²) in [7, 11) is 0. The third-order valence-corrected chi connectivity index (χ3v) is 4.64. The van der Waals surface area contributed by atoms with Crippen LogP contribution in [0.1, 0.15) is 27.1 Å². The van der Waals surface area contributed by atoms with Crippen molar-refractivity contribution in [1.82, 2.24) is 0 Å². The summed E-state index contributed by atoms with van der Waals surface area (Å²) in [5, 5.41) is 0.144. The van der Waals surface area contributed by atoms with Crippen molar-refractivity contribution in [2.45, 2.75) is 18.0 Å². The number of hydrogen-bond donors (Lipinski definition) is 0. The summed E-state index contributed by atoms with van der Waals surface area (Å²) in [6.45, 7) is 1.33. The Morgan fingerprint density at radius 2 is 1.74 bits per heavy atom. The maximum Gasteiger partial charge on any atom is 0.142 e. The van der Waals surface area contributed by atoms with E-state index in [2.05, 4.69) is 28.1 Å². The molecule has 1 aliphatic heterocycles. The Morgan fingerprint density at radius 3 is 2.53 bits per heavy atom. The molecule has 3 rings (SSSR count). The van der Waals surface area contributed by atoms with Crippen LogP contribution in [0.15, 0.2) is 36.4 Å². The minimum absolute atomic E-state index is 0.0508. The van der Waals surface area contributed by atoms with Crippen LogP contribution in [0.5, 0.6) is 0 Å². The predicted molar refractivity (Wildman–Crippen MR) is 77.1 cm³/mol. The first-order valence-corrected chi connectivity index (χ1v) is 7.23. The van der Waals surface area contributed by atoms with E-state index >= 15 is 0 Å². The topological polar surface area (TPSA) is 9.23 Å². The lowest BCUT2D eigenvalue weighted by atomic mass is 10.0. The minimum atomic E-state index is -0.395. The summed E-state index contributed by atoms with van der Waals surface area (Å²) in [6.07, 6.45) is 0. The highest BCUT2D eigenvalue weighted by Crippen LogP contribution is 2.34. The van der Waals surface area contributed by atoms with E-state index in [1.165, 1.54) is 17.2 Å². The molecular weight excluding hydrogens is 331 g/mol. The smallest absolute Gasteiger partial charge is 0.142 e. The van der Waals surface area contributed by atoms with Crippen molar-refractivity contribution >= 4 is 27.5 Å². The highest BCUT2D eigenvalue weighted by Gasteiger charge is 2.16. The Hall–Kier alpha value is -0.900. The maximum absolute atomic E-state index is 13.5. The Kier molecular flexibility index (Phi) is 3.61. The second-order valence-electron chi connectivity index (χ2n) is 4.56. The molecule has 2 aromatic rings. The number of ether oxygens (including phenoxy) is 1. The summed E-state index contributed by atoms with van der Waals surface area (Å²) in [6, 6.07) is 11.1. The van der Waals surface area contributed by atoms with Crippen molar-refractivity contribution in [3.63, 3.8) is 0 Å². The predicted octanol–water partition coefficient (Wildman–Crippen LogP) is 4.99. The first-order chi connectivity index (χ1) is 9.15. The lowest BCUT2D eigenvalue weighted by Crippen LogP contribution is -1.95. The Morgan fingerprint density at radius 1 is 1.05 bits per heavy atom. The van der Waals surface area contributed by atoms with Gasteiger partial charge in [-0.05, 0) is 34.4 Å². The summed E-state index contributed by atoms with van der Waals surface area (Å²) >= 11 is 9.31. The molecule has 0 radical (unpaired) electrons. The average Bonchev–Trinajstić information content (AvgIpc) is 2.88. The molecular formula is C15H11BrClFO. The van der Waals surface area contributed by atoms with Crippen molar-refractivity contribution in [2.75, 3.05) is 0 Å². The molecule has 4 heteroatoms. The monoisotopic (exact) mass is 340 g/mol. The van der Waals surface area contributed by atoms with E-state index in [1.54, 1.807) is 6.07 Å². The number of alkyl halides is 1. The maximum atomic E-state index is 13.5. The van der Waals surface area contributed by atoms with E-state index in [1.807, 2.05) is 12.1 Å². The molecule has 0 saturated heterocycles. The molecule has 0 amide bonds. The van der Waals surface area contributed by atoms with Gasteiger partial charge in [-0.1, -0.05) is 51.8 Å². The van der Waals surface area contributed by atoms with Gasteiger partial charge in [-0.15, -0.1) is 0 Å². The molecule has 1 aliphatic rings. The van der Waals surface area contributed by atoms with Gasteiger partial charge in [-0.2, -0.15) is 0 Å². The molecule has 1 unspecified atom stereocenters. The zero-order valence-electron chi connectivity index (χ0n) is 10.00. The van der Waals surface area contributed by atoms with Crippen molar-refractivity contribution < 1.29 is 9.13 Å². The molecule has 1 nitrogen and oxygen atoms in total. The zero-order valence-corrected chi connectivity index (χ0v) is 12.3. The number of benzene rings is 2. The van der Waals surface area contributed by atoms with Gasteiger partial charge in [-0.25, -0.2) is 4.39 Å². The fourth-order valence-electron chi connectivity index (χ4n) is 2.21. The number of fused-ring (bicyclic) bond motifs is 1. The van der Waals surface area contributed by atoms with Crippen LogP contribution >= 0.6 is 27.5 Å². The lowest BCUT2D eigenvalue weighted by molar-refractivity contribution is 0.134. The van der Waals surface area contributed by atoms with Crippen LogP contribution in [-0.2, 0) is 18.0 Å². The van der Waals surface area contributed by atoms with Crippen molar-refractivity contribution in [2.24, 2.45) is 0 Å². The Labute approximate surface area is 124 Å². The van der Waals surface area contributed by atoms with Gasteiger partial charge in [0.25, 0.3) is 0 Å². The van der Waals surface area contributed by atoms with Crippen LogP contribution in [0.3, 0.4) is 0 Å². The molecule has 0 saturated carbocycles. The van der Waals surface area contributed by atoms with E-state index in [4.69, 9.17) is 16.3 Å². The van der Waals surface area contributed by atoms with Gasteiger partial charge in [0.15, 0.2) is 0 Å². The van der Waals surface area contributed by atoms with E-state index in [0.717, 1.165) is 11.1 Å². The van der Waals surface area contributed by atoms with Crippen molar-refractivity contribution in [3.05, 3.63) is 69.5 Å². The standard InChI is InChI=1S/C15H11BrClFO/c16-15(10-3-4-13(17)14(18)6-10)9-1-2-11-7-19-8-12(11)5-9/h1-6,15H,7-8H2. The molecule has 0 spiro atoms. The fraction of sp³-hybridized carbons (Fsp3) is 0.200. The molecule has 0 N–H and O–H groups in total. The Balaban J connectivity index is 1.94. The van der Waals surface area contributed by atoms with Crippen molar-refractivity contribution in [3.8, 4) is 0 Å². The molecule has 0 bridgehead atoms. The van der Waals surface area contributed by atoms with Gasteiger partial charge in [0.1, 0.15) is 5.82 Å². The first-order valence-electron chi connectivity index (χ1n) is 5.93. The normalized spacial score (nSPS) is 15.3. The third kappa shape index (κ3) is 2.55. The lowest BCUT2D eigenvalue weighted by Gasteiger charge is -2.12. The number of hydrogen-bond acceptors (Lipinski definition) is 1. The SMILES string of the molecule is Fc1cc(C(Br)c2ccc3c(c2)COC3)ccc1Cl. The summed E-state index contributed by atoms with van der Waals surface area (Å²) < 4.78 is 18.9. The number of rotatable bonds is 2. The van der Waals surface area contributed by atoms with E-state index in [9.17, 15) is 4.39 Å². The molecule has 0 aliphatic carbocycles. The quantitative estimate of drug-likeness (QED) is 0.699. The van der Waals surface area contributed by atoms with Crippen molar-refractivity contribution in [1.29, 1.82) is 0 Å². The summed E-state index contributed by atoms with van der Waals surface area (Å²) in [5.74, 6) is -0.395. The molecule has 1 heterocycles.